The number of carbonyl (C=O) groups is 1. The van der Waals surface area contributed by atoms with Gasteiger partial charge >= 0.3 is 6.18 Å². The predicted octanol–water partition coefficient (Wildman–Crippen LogP) is 6.77. The Hall–Kier alpha value is -3.82. The zero-order valence-electron chi connectivity index (χ0n) is 20.7. The van der Waals surface area contributed by atoms with Crippen LogP contribution in [0.15, 0.2) is 108 Å². The summed E-state index contributed by atoms with van der Waals surface area (Å²) in [6.45, 7) is 1.15. The number of nitrogens with zero attached hydrogens (tertiary/aromatic N) is 1. The van der Waals surface area contributed by atoms with E-state index in [-0.39, 0.29) is 10.6 Å². The van der Waals surface area contributed by atoms with Crippen LogP contribution in [-0.2, 0) is 21.0 Å². The van der Waals surface area contributed by atoms with E-state index in [1.165, 1.54) is 24.3 Å². The lowest BCUT2D eigenvalue weighted by atomic mass is 9.98. The van der Waals surface area contributed by atoms with E-state index in [1.54, 1.807) is 18.2 Å². The van der Waals surface area contributed by atoms with Crippen molar-refractivity contribution in [1.82, 2.24) is 5.32 Å². The summed E-state index contributed by atoms with van der Waals surface area (Å²) in [7, 11) is -4.43. The molecule has 0 spiro atoms. The van der Waals surface area contributed by atoms with Crippen molar-refractivity contribution in [2.75, 3.05) is 10.8 Å². The highest BCUT2D eigenvalue weighted by Crippen LogP contribution is 2.38. The number of sulfonamides is 1. The van der Waals surface area contributed by atoms with E-state index >= 15 is 0 Å². The lowest BCUT2D eigenvalue weighted by Crippen LogP contribution is -2.42. The number of benzene rings is 4. The van der Waals surface area contributed by atoms with Gasteiger partial charge in [-0.3, -0.25) is 9.10 Å². The molecule has 1 unspecified atom stereocenters. The van der Waals surface area contributed by atoms with E-state index in [9.17, 15) is 26.4 Å². The molecule has 0 aliphatic rings. The van der Waals surface area contributed by atoms with Crippen molar-refractivity contribution in [3.05, 3.63) is 130 Å². The molecule has 0 heterocycles. The quantitative estimate of drug-likeness (QED) is 0.253. The van der Waals surface area contributed by atoms with Gasteiger partial charge in [0.2, 0.25) is 5.91 Å². The first-order valence-corrected chi connectivity index (χ1v) is 13.6. The molecule has 39 heavy (non-hydrogen) atoms. The van der Waals surface area contributed by atoms with Crippen molar-refractivity contribution in [1.29, 1.82) is 0 Å². The molecule has 0 saturated heterocycles. The minimum absolute atomic E-state index is 0.181. The fraction of sp³-hybridized carbons (Fsp3) is 0.138. The maximum Gasteiger partial charge on any atom is 0.417 e. The maximum atomic E-state index is 13.6. The van der Waals surface area contributed by atoms with Crippen molar-refractivity contribution in [3.8, 4) is 0 Å². The van der Waals surface area contributed by atoms with Crippen LogP contribution in [0.3, 0.4) is 0 Å². The Morgan fingerprint density at radius 3 is 2.03 bits per heavy atom. The summed E-state index contributed by atoms with van der Waals surface area (Å²) in [5, 5.41) is 2.27. The lowest BCUT2D eigenvalue weighted by molar-refractivity contribution is -0.137. The van der Waals surface area contributed by atoms with Crippen LogP contribution >= 0.6 is 11.6 Å². The van der Waals surface area contributed by atoms with E-state index < -0.39 is 45.3 Å². The van der Waals surface area contributed by atoms with Crippen molar-refractivity contribution < 1.29 is 26.4 Å². The molecule has 0 aliphatic carbocycles. The molecular weight excluding hydrogens is 549 g/mol. The van der Waals surface area contributed by atoms with Gasteiger partial charge in [0.25, 0.3) is 10.0 Å². The molecule has 0 bridgehead atoms. The Kier molecular flexibility index (Phi) is 8.32. The number of anilines is 1. The molecule has 4 aromatic carbocycles. The maximum absolute atomic E-state index is 13.6. The number of carbonyl (C=O) groups excluding carboxylic acids is 1. The summed E-state index contributed by atoms with van der Waals surface area (Å²) in [5.74, 6) is -0.715. The number of rotatable bonds is 8. The minimum Gasteiger partial charge on any atom is -0.344 e. The predicted molar refractivity (Wildman–Crippen MR) is 145 cm³/mol. The Labute approximate surface area is 229 Å². The average Bonchev–Trinajstić information content (AvgIpc) is 2.92. The molecule has 1 atom stereocenters. The SMILES string of the molecule is Cc1ccc(C(NC(=O)CN(c2ccc(Cl)c(C(F)(F)F)c2)S(=O)(=O)c2ccccc2)c2ccccc2)cc1. The van der Waals surface area contributed by atoms with Gasteiger partial charge in [-0.05, 0) is 48.4 Å². The van der Waals surface area contributed by atoms with Gasteiger partial charge in [0.1, 0.15) is 6.54 Å². The Morgan fingerprint density at radius 2 is 1.44 bits per heavy atom. The molecule has 1 N–H and O–H groups in total. The number of alkyl halides is 3. The second-order valence-electron chi connectivity index (χ2n) is 8.81. The largest absolute Gasteiger partial charge is 0.417 e. The van der Waals surface area contributed by atoms with Gasteiger partial charge in [-0.2, -0.15) is 13.2 Å². The fourth-order valence-corrected chi connectivity index (χ4v) is 5.68. The topological polar surface area (TPSA) is 66.5 Å². The van der Waals surface area contributed by atoms with Crippen LogP contribution in [0.25, 0.3) is 0 Å². The first-order valence-electron chi connectivity index (χ1n) is 11.8. The van der Waals surface area contributed by atoms with Gasteiger partial charge in [-0.1, -0.05) is 90.0 Å². The van der Waals surface area contributed by atoms with Gasteiger partial charge in [0, 0.05) is 0 Å². The molecule has 202 valence electrons. The molecule has 0 saturated carbocycles. The summed E-state index contributed by atoms with van der Waals surface area (Å²) < 4.78 is 68.7. The zero-order valence-corrected chi connectivity index (χ0v) is 22.3. The lowest BCUT2D eigenvalue weighted by Gasteiger charge is -2.27. The van der Waals surface area contributed by atoms with Crippen molar-refractivity contribution in [3.63, 3.8) is 0 Å². The number of amides is 1. The van der Waals surface area contributed by atoms with Gasteiger partial charge in [-0.15, -0.1) is 0 Å². The van der Waals surface area contributed by atoms with Gasteiger partial charge in [0.15, 0.2) is 0 Å². The van der Waals surface area contributed by atoms with E-state index in [0.717, 1.165) is 28.8 Å². The Bertz CT molecular complexity index is 1550. The zero-order chi connectivity index (χ0) is 28.2. The van der Waals surface area contributed by atoms with Crippen molar-refractivity contribution >= 4 is 33.2 Å². The summed E-state index contributed by atoms with van der Waals surface area (Å²) in [6.07, 6.45) is -4.83. The number of aryl methyl sites for hydroxylation is 1. The molecule has 0 aromatic heterocycles. The molecule has 10 heteroatoms. The molecule has 0 radical (unpaired) electrons. The second kappa shape index (κ2) is 11.5. The third kappa shape index (κ3) is 6.61. The number of hydrogen-bond acceptors (Lipinski definition) is 3. The molecule has 5 nitrogen and oxygen atoms in total. The van der Waals surface area contributed by atoms with Gasteiger partial charge in [-0.25, -0.2) is 8.42 Å². The second-order valence-corrected chi connectivity index (χ2v) is 11.1. The molecule has 0 fully saturated rings. The Morgan fingerprint density at radius 1 is 0.872 bits per heavy atom. The molecule has 0 aliphatic heterocycles. The fourth-order valence-electron chi connectivity index (χ4n) is 4.02. The minimum atomic E-state index is -4.83. The summed E-state index contributed by atoms with van der Waals surface area (Å²) >= 11 is 5.77. The normalized spacial score (nSPS) is 12.5. The highest BCUT2D eigenvalue weighted by Gasteiger charge is 2.35. The van der Waals surface area contributed by atoms with Crippen LogP contribution in [0, 0.1) is 6.92 Å². The third-order valence-corrected chi connectivity index (χ3v) is 8.13. The van der Waals surface area contributed by atoms with Gasteiger partial charge < -0.3 is 5.32 Å². The Balaban J connectivity index is 1.74. The van der Waals surface area contributed by atoms with E-state index in [0.29, 0.717) is 10.4 Å². The summed E-state index contributed by atoms with van der Waals surface area (Å²) in [6, 6.07) is 25.8. The van der Waals surface area contributed by atoms with E-state index in [4.69, 9.17) is 11.6 Å². The number of nitrogens with one attached hydrogen (secondary N) is 1. The van der Waals surface area contributed by atoms with E-state index in [2.05, 4.69) is 5.32 Å². The van der Waals surface area contributed by atoms with Crippen molar-refractivity contribution in [2.24, 2.45) is 0 Å². The van der Waals surface area contributed by atoms with Gasteiger partial charge in [0.05, 0.1) is 27.2 Å². The van der Waals surface area contributed by atoms with Crippen LogP contribution in [0.4, 0.5) is 18.9 Å². The summed E-state index contributed by atoms with van der Waals surface area (Å²) in [5.41, 5.74) is 0.955. The number of hydrogen-bond donors (Lipinski definition) is 1. The van der Waals surface area contributed by atoms with Crippen LogP contribution in [-0.4, -0.2) is 20.9 Å². The van der Waals surface area contributed by atoms with Crippen molar-refractivity contribution in [2.45, 2.75) is 24.0 Å². The smallest absolute Gasteiger partial charge is 0.344 e. The molecule has 4 aromatic rings. The van der Waals surface area contributed by atoms with Crippen LogP contribution in [0.1, 0.15) is 28.3 Å². The van der Waals surface area contributed by atoms with Crippen LogP contribution in [0.2, 0.25) is 5.02 Å². The number of halogens is 4. The molecule has 4 rings (SSSR count). The standard InChI is InChI=1S/C29H24ClF3N2O3S/c1-20-12-14-22(15-13-20)28(21-8-4-2-5-9-21)34-27(36)19-35(39(37,38)24-10-6-3-7-11-24)23-16-17-26(30)25(18-23)29(31,32)33/h2-18,28H,19H2,1H3,(H,34,36). The van der Waals surface area contributed by atoms with Crippen LogP contribution < -0.4 is 9.62 Å². The molecular formula is C29H24ClF3N2O3S. The monoisotopic (exact) mass is 572 g/mol. The average molecular weight is 573 g/mol. The third-order valence-electron chi connectivity index (χ3n) is 6.01. The first-order chi connectivity index (χ1) is 18.5. The highest BCUT2D eigenvalue weighted by molar-refractivity contribution is 7.92. The van der Waals surface area contributed by atoms with Crippen LogP contribution in [0.5, 0.6) is 0 Å². The highest BCUT2D eigenvalue weighted by atomic mass is 35.5. The van der Waals surface area contributed by atoms with E-state index in [1.807, 2.05) is 49.4 Å². The molecule has 1 amide bonds. The summed E-state index contributed by atoms with van der Waals surface area (Å²) in [4.78, 5) is 13.2. The first kappa shape index (κ1) is 28.2.